The number of halogens is 2. The molecule has 3 aromatic heterocycles. The first-order valence-electron chi connectivity index (χ1n) is 17.2. The van der Waals surface area contributed by atoms with E-state index in [4.69, 9.17) is 20.7 Å². The summed E-state index contributed by atoms with van der Waals surface area (Å²) < 4.78 is 14.4. The molecule has 2 aromatic carbocycles. The second-order valence-electron chi connectivity index (χ2n) is 14.2. The number of thiophene rings is 1. The maximum atomic E-state index is 12.4. The van der Waals surface area contributed by atoms with E-state index < -0.39 is 5.60 Å². The molecule has 7 rings (SSSR count). The number of nitriles is 1. The first kappa shape index (κ1) is 43.3. The van der Waals surface area contributed by atoms with Gasteiger partial charge in [-0.3, -0.25) is 9.59 Å². The van der Waals surface area contributed by atoms with Crippen molar-refractivity contribution in [3.63, 3.8) is 0 Å². The standard InChI is InChI=1S/C19H20BrN3O2S2.C9H5BrN2S.C5H9NO.C5H10O2/c1-19(2,3)25-18(24)23-7-6-11-14(9-23)26-16(21)15(11)17-22-12-8-10(20)4-5-13(12)27-17;10-6-1-2-8-7(5-6)12-9(13-8)3-4-11;7-5-1-3-6-4-2-5;1-5(2,3)7-4-6/h4-5,8H,6-7,9,21H2,1-3H3;1-2,5H,3H2;6H,1-4H2;4H,1-3H3. The maximum Gasteiger partial charge on any atom is 0.410 e. The highest BCUT2D eigenvalue weighted by atomic mass is 79.9. The third-order valence-electron chi connectivity index (χ3n) is 7.49. The van der Waals surface area contributed by atoms with Crippen molar-refractivity contribution in [3.8, 4) is 16.6 Å². The second kappa shape index (κ2) is 19.4. The number of hydrogen-bond donors (Lipinski definition) is 2. The molecule has 0 aliphatic carbocycles. The molecule has 288 valence electrons. The van der Waals surface area contributed by atoms with E-state index in [0.29, 0.717) is 31.8 Å². The fraction of sp³-hybridized carbons (Fsp3) is 0.421. The molecule has 16 heteroatoms. The van der Waals surface area contributed by atoms with Gasteiger partial charge in [0.15, 0.2) is 0 Å². The molecular formula is C38H44Br2N6O5S3. The van der Waals surface area contributed by atoms with Crippen LogP contribution in [0.4, 0.5) is 9.80 Å². The van der Waals surface area contributed by atoms with Crippen LogP contribution in [0.5, 0.6) is 0 Å². The molecule has 11 nitrogen and oxygen atoms in total. The van der Waals surface area contributed by atoms with Crippen LogP contribution in [-0.4, -0.2) is 64.1 Å². The van der Waals surface area contributed by atoms with Gasteiger partial charge in [0.1, 0.15) is 27.0 Å². The topological polar surface area (TPSA) is 161 Å². The van der Waals surface area contributed by atoms with Crippen LogP contribution >= 0.6 is 65.9 Å². The predicted octanol–water partition coefficient (Wildman–Crippen LogP) is 9.68. The molecule has 0 atom stereocenters. The maximum absolute atomic E-state index is 12.4. The van der Waals surface area contributed by atoms with Gasteiger partial charge in [-0.05, 0) is 89.9 Å². The highest BCUT2D eigenvalue weighted by Gasteiger charge is 2.30. The number of nitrogens with one attached hydrogen (secondary N) is 1. The molecule has 0 unspecified atom stereocenters. The number of hydrogen-bond acceptors (Lipinski definition) is 13. The van der Waals surface area contributed by atoms with Gasteiger partial charge < -0.3 is 25.4 Å². The van der Waals surface area contributed by atoms with E-state index in [-0.39, 0.29) is 11.7 Å². The molecule has 5 heterocycles. The minimum atomic E-state index is -0.494. The number of amides is 1. The normalized spacial score (nSPS) is 14.0. The Morgan fingerprint density at radius 1 is 0.963 bits per heavy atom. The van der Waals surface area contributed by atoms with Crippen molar-refractivity contribution in [1.82, 2.24) is 20.2 Å². The van der Waals surface area contributed by atoms with Crippen molar-refractivity contribution < 1.29 is 23.9 Å². The number of aromatic nitrogens is 2. The summed E-state index contributed by atoms with van der Waals surface area (Å²) in [6.07, 6.45) is 2.36. The first-order chi connectivity index (χ1) is 25.5. The highest BCUT2D eigenvalue weighted by molar-refractivity contribution is 9.10. The zero-order chi connectivity index (χ0) is 39.6. The largest absolute Gasteiger partial charge is 0.462 e. The van der Waals surface area contributed by atoms with Gasteiger partial charge in [-0.25, -0.2) is 14.8 Å². The number of benzene rings is 2. The SMILES string of the molecule is CC(C)(C)OC(=O)N1CCc2c(sc(N)c2-c2nc3cc(Br)ccc3s2)C1.CC(C)(C)OC=O.N#CCc1nc2cc(Br)ccc2s1.O=C1CCNCC1. The zero-order valence-corrected chi connectivity index (χ0v) is 36.7. The number of nitrogens with zero attached hydrogens (tertiary/aromatic N) is 4. The minimum absolute atomic E-state index is 0.272. The molecule has 54 heavy (non-hydrogen) atoms. The number of thiazole rings is 2. The molecule has 2 aliphatic rings. The number of nitrogens with two attached hydrogens (primary N) is 1. The quantitative estimate of drug-likeness (QED) is 0.167. The minimum Gasteiger partial charge on any atom is -0.462 e. The lowest BCUT2D eigenvalue weighted by Gasteiger charge is -2.30. The summed E-state index contributed by atoms with van der Waals surface area (Å²) in [4.78, 5) is 44.4. The van der Waals surface area contributed by atoms with Crippen molar-refractivity contribution >= 4 is 110 Å². The van der Waals surface area contributed by atoms with Gasteiger partial charge in [0.05, 0.1) is 44.5 Å². The number of Topliss-reactive ketones (excluding diaryl/α,β-unsaturated/α-hetero) is 1. The zero-order valence-electron chi connectivity index (χ0n) is 31.1. The molecule has 5 aromatic rings. The van der Waals surface area contributed by atoms with E-state index in [9.17, 15) is 14.4 Å². The Labute approximate surface area is 344 Å². The van der Waals surface area contributed by atoms with Crippen molar-refractivity contribution in [1.29, 1.82) is 5.26 Å². The number of rotatable bonds is 3. The Bertz CT molecular complexity index is 2120. The Kier molecular flexibility index (Phi) is 15.6. The van der Waals surface area contributed by atoms with E-state index in [2.05, 4.69) is 59.0 Å². The summed E-state index contributed by atoms with van der Waals surface area (Å²) in [5, 5.41) is 14.2. The van der Waals surface area contributed by atoms with Crippen LogP contribution < -0.4 is 11.1 Å². The highest BCUT2D eigenvalue weighted by Crippen LogP contribution is 2.44. The third kappa shape index (κ3) is 13.1. The van der Waals surface area contributed by atoms with Crippen LogP contribution in [0.25, 0.3) is 31.0 Å². The van der Waals surface area contributed by atoms with Gasteiger partial charge in [-0.2, -0.15) is 5.26 Å². The number of anilines is 1. The van der Waals surface area contributed by atoms with Crippen molar-refractivity contribution in [2.45, 2.75) is 85.0 Å². The second-order valence-corrected chi connectivity index (χ2v) is 19.3. The van der Waals surface area contributed by atoms with Crippen molar-refractivity contribution in [3.05, 3.63) is 60.8 Å². The van der Waals surface area contributed by atoms with E-state index in [1.807, 2.05) is 71.9 Å². The lowest BCUT2D eigenvalue weighted by molar-refractivity contribution is -0.138. The average molecular weight is 921 g/mol. The summed E-state index contributed by atoms with van der Waals surface area (Å²) >= 11 is 11.7. The van der Waals surface area contributed by atoms with Gasteiger partial charge in [0, 0.05) is 51.9 Å². The number of nitrogen functional groups attached to an aromatic ring is 1. The number of piperidine rings is 1. The number of fused-ring (bicyclic) bond motifs is 3. The molecule has 0 bridgehead atoms. The lowest BCUT2D eigenvalue weighted by atomic mass is 10.0. The number of ether oxygens (including phenoxy) is 2. The van der Waals surface area contributed by atoms with Crippen LogP contribution in [0, 0.1) is 11.3 Å². The van der Waals surface area contributed by atoms with Gasteiger partial charge in [0.25, 0.3) is 6.47 Å². The molecule has 2 aliphatic heterocycles. The van der Waals surface area contributed by atoms with Gasteiger partial charge in [-0.15, -0.1) is 34.0 Å². The van der Waals surface area contributed by atoms with Gasteiger partial charge in [0.2, 0.25) is 0 Å². The number of carbonyl (C=O) groups is 3. The fourth-order valence-electron chi connectivity index (χ4n) is 5.09. The molecule has 0 radical (unpaired) electrons. The molecule has 3 N–H and O–H groups in total. The first-order valence-corrected chi connectivity index (χ1v) is 21.2. The molecule has 1 fully saturated rings. The van der Waals surface area contributed by atoms with E-state index in [1.165, 1.54) is 5.56 Å². The van der Waals surface area contributed by atoms with Crippen LogP contribution in [-0.2, 0) is 38.4 Å². The van der Waals surface area contributed by atoms with Crippen LogP contribution in [0.2, 0.25) is 0 Å². The van der Waals surface area contributed by atoms with Crippen LogP contribution in [0.3, 0.4) is 0 Å². The monoisotopic (exact) mass is 918 g/mol. The van der Waals surface area contributed by atoms with Gasteiger partial charge >= 0.3 is 6.09 Å². The van der Waals surface area contributed by atoms with Crippen LogP contribution in [0.15, 0.2) is 45.3 Å². The Balaban J connectivity index is 0.000000197. The summed E-state index contributed by atoms with van der Waals surface area (Å²) in [5.74, 6) is 0.402. The lowest BCUT2D eigenvalue weighted by Crippen LogP contribution is -2.39. The summed E-state index contributed by atoms with van der Waals surface area (Å²) in [6, 6.07) is 14.2. The molecule has 0 spiro atoms. The van der Waals surface area contributed by atoms with E-state index >= 15 is 0 Å². The van der Waals surface area contributed by atoms with Crippen molar-refractivity contribution in [2.75, 3.05) is 25.4 Å². The Morgan fingerprint density at radius 2 is 1.57 bits per heavy atom. The molecule has 0 saturated carbocycles. The molecule has 1 amide bonds. The fourth-order valence-corrected chi connectivity index (χ4v) is 8.90. The summed E-state index contributed by atoms with van der Waals surface area (Å²) in [7, 11) is 0. The number of ketones is 1. The predicted molar refractivity (Wildman–Crippen MR) is 226 cm³/mol. The Hall–Kier alpha value is -3.46. The number of carbonyl (C=O) groups excluding carboxylic acids is 3. The smallest absolute Gasteiger partial charge is 0.410 e. The van der Waals surface area contributed by atoms with Gasteiger partial charge in [-0.1, -0.05) is 31.9 Å². The average Bonchev–Trinajstić information content (AvgIpc) is 3.77. The Morgan fingerprint density at radius 3 is 2.09 bits per heavy atom. The van der Waals surface area contributed by atoms with E-state index in [0.717, 1.165) is 87.2 Å². The van der Waals surface area contributed by atoms with E-state index in [1.54, 1.807) is 38.9 Å². The summed E-state index contributed by atoms with van der Waals surface area (Å²) in [6.45, 7) is 14.5. The molecule has 1 saturated heterocycles. The molecular weight excluding hydrogens is 876 g/mol. The van der Waals surface area contributed by atoms with Crippen molar-refractivity contribution in [2.24, 2.45) is 0 Å². The van der Waals surface area contributed by atoms with Crippen LogP contribution in [0.1, 0.15) is 69.8 Å². The summed E-state index contributed by atoms with van der Waals surface area (Å²) in [5.41, 5.74) is 9.74. The third-order valence-corrected chi connectivity index (χ3v) is 11.6.